The minimum Gasteiger partial charge on any atom is -0.496 e. The van der Waals surface area contributed by atoms with Gasteiger partial charge in [0.25, 0.3) is 0 Å². The van der Waals surface area contributed by atoms with E-state index in [1.165, 1.54) is 12.0 Å². The van der Waals surface area contributed by atoms with Crippen LogP contribution in [0.5, 0.6) is 5.75 Å². The molecule has 0 aromatic heterocycles. The molecule has 3 nitrogen and oxygen atoms in total. The monoisotopic (exact) mass is 233 g/mol. The summed E-state index contributed by atoms with van der Waals surface area (Å²) in [5.41, 5.74) is 1.31. The fourth-order valence-electron chi connectivity index (χ4n) is 2.52. The van der Waals surface area contributed by atoms with Crippen molar-refractivity contribution in [3.05, 3.63) is 29.8 Å². The van der Waals surface area contributed by atoms with Gasteiger partial charge in [-0.25, -0.2) is 0 Å². The van der Waals surface area contributed by atoms with E-state index in [0.29, 0.717) is 6.54 Å². The molecule has 1 saturated carbocycles. The van der Waals surface area contributed by atoms with Crippen LogP contribution in [0.15, 0.2) is 24.3 Å². The molecule has 0 bridgehead atoms. The Morgan fingerprint density at radius 3 is 2.65 bits per heavy atom. The van der Waals surface area contributed by atoms with Crippen LogP contribution in [0.4, 0.5) is 0 Å². The first-order valence-corrected chi connectivity index (χ1v) is 6.06. The average Bonchev–Trinajstić information content (AvgIpc) is 2.28. The van der Waals surface area contributed by atoms with Gasteiger partial charge in [-0.3, -0.25) is 4.79 Å². The third-order valence-corrected chi connectivity index (χ3v) is 3.66. The molecule has 1 aromatic rings. The summed E-state index contributed by atoms with van der Waals surface area (Å²) in [6, 6.07) is 8.11. The van der Waals surface area contributed by atoms with Crippen LogP contribution in [0.2, 0.25) is 0 Å². The van der Waals surface area contributed by atoms with Crippen LogP contribution in [0, 0.1) is 0 Å². The van der Waals surface area contributed by atoms with Gasteiger partial charge in [0.05, 0.1) is 7.11 Å². The van der Waals surface area contributed by atoms with Gasteiger partial charge in [0.15, 0.2) is 0 Å². The van der Waals surface area contributed by atoms with Crippen LogP contribution >= 0.6 is 0 Å². The van der Waals surface area contributed by atoms with E-state index in [-0.39, 0.29) is 11.3 Å². The second kappa shape index (κ2) is 4.78. The Morgan fingerprint density at radius 2 is 2.12 bits per heavy atom. The number of ether oxygens (including phenoxy) is 1. The molecular weight excluding hydrogens is 214 g/mol. The maximum atomic E-state index is 11.1. The summed E-state index contributed by atoms with van der Waals surface area (Å²) in [5.74, 6) is 0.962. The first kappa shape index (κ1) is 12.0. The Labute approximate surface area is 102 Å². The Kier molecular flexibility index (Phi) is 3.36. The first-order valence-electron chi connectivity index (χ1n) is 6.06. The van der Waals surface area contributed by atoms with E-state index in [9.17, 15) is 4.79 Å². The maximum Gasteiger partial charge on any atom is 0.216 e. The summed E-state index contributed by atoms with van der Waals surface area (Å²) in [5, 5.41) is 2.94. The highest BCUT2D eigenvalue weighted by atomic mass is 16.5. The molecule has 17 heavy (non-hydrogen) atoms. The minimum absolute atomic E-state index is 0.0335. The number of carbonyl (C=O) groups is 1. The third kappa shape index (κ3) is 2.28. The highest BCUT2D eigenvalue weighted by molar-refractivity contribution is 5.73. The number of rotatable bonds is 4. The molecule has 0 radical (unpaired) electrons. The average molecular weight is 233 g/mol. The zero-order valence-corrected chi connectivity index (χ0v) is 10.5. The summed E-state index contributed by atoms with van der Waals surface area (Å²) in [7, 11) is 1.70. The molecule has 1 amide bonds. The lowest BCUT2D eigenvalue weighted by molar-refractivity contribution is -0.119. The highest BCUT2D eigenvalue weighted by Crippen LogP contribution is 2.46. The lowest BCUT2D eigenvalue weighted by atomic mass is 9.64. The molecule has 1 aliphatic rings. The smallest absolute Gasteiger partial charge is 0.216 e. The van der Waals surface area contributed by atoms with Crippen LogP contribution in [0.3, 0.4) is 0 Å². The number of nitrogens with one attached hydrogen (secondary N) is 1. The molecule has 1 fully saturated rings. The van der Waals surface area contributed by atoms with Crippen LogP contribution in [-0.2, 0) is 10.2 Å². The Morgan fingerprint density at radius 1 is 1.41 bits per heavy atom. The molecule has 0 unspecified atom stereocenters. The Hall–Kier alpha value is -1.51. The number of amides is 1. The van der Waals surface area contributed by atoms with E-state index < -0.39 is 0 Å². The first-order chi connectivity index (χ1) is 8.18. The number of methoxy groups -OCH3 is 1. The van der Waals surface area contributed by atoms with Gasteiger partial charge in [0.2, 0.25) is 5.91 Å². The number of para-hydroxylation sites is 1. The van der Waals surface area contributed by atoms with E-state index in [1.807, 2.05) is 18.2 Å². The van der Waals surface area contributed by atoms with Crippen LogP contribution in [-0.4, -0.2) is 19.6 Å². The molecular formula is C14H19NO2. The fourth-order valence-corrected chi connectivity index (χ4v) is 2.52. The predicted molar refractivity (Wildman–Crippen MR) is 67.2 cm³/mol. The predicted octanol–water partition coefficient (Wildman–Crippen LogP) is 2.25. The van der Waals surface area contributed by atoms with Crippen LogP contribution in [0.1, 0.15) is 31.7 Å². The second-order valence-electron chi connectivity index (χ2n) is 4.74. The molecule has 92 valence electrons. The Bertz CT molecular complexity index is 410. The highest BCUT2D eigenvalue weighted by Gasteiger charge is 2.40. The number of benzene rings is 1. The summed E-state index contributed by atoms with van der Waals surface area (Å²) in [4.78, 5) is 11.1. The summed E-state index contributed by atoms with van der Waals surface area (Å²) in [6.45, 7) is 2.28. The van der Waals surface area contributed by atoms with Crippen molar-refractivity contribution in [2.75, 3.05) is 13.7 Å². The molecule has 1 aliphatic carbocycles. The van der Waals surface area contributed by atoms with E-state index in [2.05, 4.69) is 11.4 Å². The van der Waals surface area contributed by atoms with Gasteiger partial charge in [0, 0.05) is 24.4 Å². The van der Waals surface area contributed by atoms with Crippen molar-refractivity contribution in [1.29, 1.82) is 0 Å². The SMILES string of the molecule is COc1ccccc1C1(CNC(C)=O)CCC1. The Balaban J connectivity index is 2.24. The van der Waals surface area contributed by atoms with E-state index in [4.69, 9.17) is 4.74 Å². The quantitative estimate of drug-likeness (QED) is 0.866. The molecule has 1 N–H and O–H groups in total. The van der Waals surface area contributed by atoms with Gasteiger partial charge in [-0.2, -0.15) is 0 Å². The lowest BCUT2D eigenvalue weighted by Crippen LogP contribution is -2.45. The van der Waals surface area contributed by atoms with Gasteiger partial charge in [-0.1, -0.05) is 24.6 Å². The normalized spacial score (nSPS) is 17.1. The van der Waals surface area contributed by atoms with Crippen molar-refractivity contribution < 1.29 is 9.53 Å². The third-order valence-electron chi connectivity index (χ3n) is 3.66. The molecule has 0 spiro atoms. The van der Waals surface area contributed by atoms with Crippen molar-refractivity contribution in [3.8, 4) is 5.75 Å². The topological polar surface area (TPSA) is 38.3 Å². The zero-order chi connectivity index (χ0) is 12.3. The zero-order valence-electron chi connectivity index (χ0n) is 10.5. The molecule has 0 aliphatic heterocycles. The second-order valence-corrected chi connectivity index (χ2v) is 4.74. The van der Waals surface area contributed by atoms with Crippen LogP contribution in [0.25, 0.3) is 0 Å². The molecule has 0 heterocycles. The number of hydrogen-bond acceptors (Lipinski definition) is 2. The summed E-state index contributed by atoms with van der Waals surface area (Å²) < 4.78 is 5.42. The fraction of sp³-hybridized carbons (Fsp3) is 0.500. The summed E-state index contributed by atoms with van der Waals surface area (Å²) in [6.07, 6.45) is 3.46. The van der Waals surface area contributed by atoms with Crippen molar-refractivity contribution in [3.63, 3.8) is 0 Å². The van der Waals surface area contributed by atoms with Crippen LogP contribution < -0.4 is 10.1 Å². The van der Waals surface area contributed by atoms with Crippen molar-refractivity contribution in [2.45, 2.75) is 31.6 Å². The van der Waals surface area contributed by atoms with Gasteiger partial charge in [-0.05, 0) is 18.9 Å². The molecule has 3 heteroatoms. The standard InChI is InChI=1S/C14H19NO2/c1-11(16)15-10-14(8-5-9-14)12-6-3-4-7-13(12)17-2/h3-4,6-7H,5,8-10H2,1-2H3,(H,15,16). The largest absolute Gasteiger partial charge is 0.496 e. The number of hydrogen-bond donors (Lipinski definition) is 1. The van der Waals surface area contributed by atoms with Gasteiger partial charge in [0.1, 0.15) is 5.75 Å². The van der Waals surface area contributed by atoms with E-state index in [1.54, 1.807) is 14.0 Å². The van der Waals surface area contributed by atoms with E-state index in [0.717, 1.165) is 18.6 Å². The molecule has 0 atom stereocenters. The minimum atomic E-state index is 0.0335. The van der Waals surface area contributed by atoms with Gasteiger partial charge in [-0.15, -0.1) is 0 Å². The van der Waals surface area contributed by atoms with Crippen molar-refractivity contribution in [1.82, 2.24) is 5.32 Å². The van der Waals surface area contributed by atoms with Crippen molar-refractivity contribution in [2.24, 2.45) is 0 Å². The van der Waals surface area contributed by atoms with E-state index >= 15 is 0 Å². The lowest BCUT2D eigenvalue weighted by Gasteiger charge is -2.43. The number of carbonyl (C=O) groups excluding carboxylic acids is 1. The van der Waals surface area contributed by atoms with Gasteiger partial charge < -0.3 is 10.1 Å². The summed E-state index contributed by atoms with van der Waals surface area (Å²) >= 11 is 0. The maximum absolute atomic E-state index is 11.1. The molecule has 0 saturated heterocycles. The van der Waals surface area contributed by atoms with Gasteiger partial charge >= 0.3 is 0 Å². The molecule has 2 rings (SSSR count). The molecule has 1 aromatic carbocycles. The van der Waals surface area contributed by atoms with Crippen molar-refractivity contribution >= 4 is 5.91 Å².